The highest BCUT2D eigenvalue weighted by atomic mass is 32.2. The zero-order chi connectivity index (χ0) is 17.2. The number of amides is 2. The number of hydrogen-bond acceptors (Lipinski definition) is 5. The first-order chi connectivity index (χ1) is 10.9. The molecule has 2 aliphatic rings. The van der Waals surface area contributed by atoms with E-state index in [-0.39, 0.29) is 31.0 Å². The van der Waals surface area contributed by atoms with Gasteiger partial charge in [0.1, 0.15) is 0 Å². The monoisotopic (exact) mass is 347 g/mol. The lowest BCUT2D eigenvalue weighted by Gasteiger charge is -2.16. The van der Waals surface area contributed by atoms with Crippen molar-refractivity contribution < 1.29 is 24.6 Å². The van der Waals surface area contributed by atoms with Gasteiger partial charge in [0, 0.05) is 23.8 Å². The molecule has 0 aliphatic carbocycles. The number of carbonyl (C=O) groups is 3. The van der Waals surface area contributed by atoms with Crippen LogP contribution in [0.5, 0.6) is 0 Å². The first-order valence-corrected chi connectivity index (χ1v) is 8.81. The van der Waals surface area contributed by atoms with E-state index in [1.54, 1.807) is 0 Å². The molecule has 0 radical (unpaired) electrons. The Kier molecular flexibility index (Phi) is 8.78. The summed E-state index contributed by atoms with van der Waals surface area (Å²) in [4.78, 5) is 31.2. The highest BCUT2D eigenvalue weighted by Crippen LogP contribution is 2.33. The number of hydrogen-bond donors (Lipinski definition) is 5. The fraction of sp³-hybridized carbons (Fsp3) is 0.786. The molecule has 0 spiro atoms. The largest absolute Gasteiger partial charge is 0.481 e. The number of aliphatic carboxylic acids is 2. The van der Waals surface area contributed by atoms with Crippen molar-refractivity contribution in [1.82, 2.24) is 10.6 Å². The lowest BCUT2D eigenvalue weighted by Crippen LogP contribution is -2.36. The van der Waals surface area contributed by atoms with Gasteiger partial charge in [0.25, 0.3) is 0 Å². The number of rotatable bonds is 8. The fourth-order valence-corrected chi connectivity index (χ4v) is 4.06. The lowest BCUT2D eigenvalue weighted by molar-refractivity contribution is -0.138. The average molecular weight is 347 g/mol. The molecule has 2 amide bonds. The second kappa shape index (κ2) is 10.3. The quantitative estimate of drug-likeness (QED) is 0.320. The summed E-state index contributed by atoms with van der Waals surface area (Å²) in [6.45, 7) is 0.465. The van der Waals surface area contributed by atoms with E-state index in [0.717, 1.165) is 25.0 Å². The summed E-state index contributed by atoms with van der Waals surface area (Å²) in [7, 11) is 0. The van der Waals surface area contributed by atoms with Crippen LogP contribution in [0.15, 0.2) is 0 Å². The number of carboxylic acid groups (broad SMARTS) is 2. The fourth-order valence-electron chi connectivity index (χ4n) is 2.52. The Balaban J connectivity index is 0.000000322. The third kappa shape index (κ3) is 7.56. The molecule has 23 heavy (non-hydrogen) atoms. The van der Waals surface area contributed by atoms with Crippen LogP contribution in [-0.2, 0) is 9.59 Å². The summed E-state index contributed by atoms with van der Waals surface area (Å²) in [6, 6.07) is 0.440. The lowest BCUT2D eigenvalue weighted by atomic mass is 10.0. The molecule has 0 aromatic heterocycles. The molecule has 3 atom stereocenters. The summed E-state index contributed by atoms with van der Waals surface area (Å²) in [6.07, 6.45) is 3.65. The van der Waals surface area contributed by atoms with E-state index in [2.05, 4.69) is 10.6 Å². The van der Waals surface area contributed by atoms with E-state index >= 15 is 0 Å². The highest BCUT2D eigenvalue weighted by Gasteiger charge is 2.42. The Morgan fingerprint density at radius 2 is 1.78 bits per heavy atom. The first-order valence-electron chi connectivity index (χ1n) is 7.76. The van der Waals surface area contributed by atoms with Crippen LogP contribution in [0.4, 0.5) is 4.79 Å². The molecule has 9 heteroatoms. The third-order valence-electron chi connectivity index (χ3n) is 3.66. The van der Waals surface area contributed by atoms with Crippen molar-refractivity contribution >= 4 is 29.7 Å². The molecule has 6 N–H and O–H groups in total. The van der Waals surface area contributed by atoms with Crippen LogP contribution in [0.2, 0.25) is 0 Å². The van der Waals surface area contributed by atoms with Crippen molar-refractivity contribution in [2.75, 3.05) is 12.3 Å². The van der Waals surface area contributed by atoms with Gasteiger partial charge in [0.2, 0.25) is 0 Å². The minimum atomic E-state index is -0.773. The molecule has 2 saturated heterocycles. The second-order valence-corrected chi connectivity index (χ2v) is 6.82. The molecule has 2 fully saturated rings. The van der Waals surface area contributed by atoms with Gasteiger partial charge in [-0.1, -0.05) is 6.42 Å². The van der Waals surface area contributed by atoms with Crippen molar-refractivity contribution in [3.05, 3.63) is 0 Å². The maximum absolute atomic E-state index is 11.1. The average Bonchev–Trinajstić information content (AvgIpc) is 3.01. The summed E-state index contributed by atoms with van der Waals surface area (Å²) in [5.41, 5.74) is 5.01. The summed E-state index contributed by atoms with van der Waals surface area (Å²) < 4.78 is 0. The molecular weight excluding hydrogens is 322 g/mol. The summed E-state index contributed by atoms with van der Waals surface area (Å²) in [5, 5.41) is 22.8. The van der Waals surface area contributed by atoms with Gasteiger partial charge >= 0.3 is 18.0 Å². The number of carboxylic acids is 2. The van der Waals surface area contributed by atoms with Crippen LogP contribution in [-0.4, -0.2) is 57.8 Å². The normalized spacial score (nSPS) is 24.9. The highest BCUT2D eigenvalue weighted by molar-refractivity contribution is 8.00. The van der Waals surface area contributed by atoms with E-state index in [0.29, 0.717) is 18.2 Å². The molecule has 0 aromatic rings. The Morgan fingerprint density at radius 3 is 2.35 bits per heavy atom. The molecule has 0 saturated carbocycles. The van der Waals surface area contributed by atoms with Crippen molar-refractivity contribution in [3.8, 4) is 0 Å². The Labute approximate surface area is 139 Å². The van der Waals surface area contributed by atoms with Crippen molar-refractivity contribution in [2.45, 2.75) is 55.9 Å². The van der Waals surface area contributed by atoms with Crippen LogP contribution in [0.1, 0.15) is 38.5 Å². The molecule has 0 aromatic carbocycles. The van der Waals surface area contributed by atoms with E-state index in [1.807, 2.05) is 11.8 Å². The minimum absolute atomic E-state index is 0.0640. The first kappa shape index (κ1) is 19.6. The number of nitrogens with two attached hydrogens (primary N) is 1. The molecule has 0 unspecified atom stereocenters. The van der Waals surface area contributed by atoms with Crippen LogP contribution in [0.3, 0.4) is 0 Å². The smallest absolute Gasteiger partial charge is 0.315 e. The van der Waals surface area contributed by atoms with Gasteiger partial charge < -0.3 is 26.6 Å². The van der Waals surface area contributed by atoms with Crippen molar-refractivity contribution in [2.24, 2.45) is 5.73 Å². The number of fused-ring (bicyclic) bond motifs is 1. The third-order valence-corrected chi connectivity index (χ3v) is 5.17. The van der Waals surface area contributed by atoms with Crippen LogP contribution in [0.25, 0.3) is 0 Å². The van der Waals surface area contributed by atoms with Crippen molar-refractivity contribution in [1.29, 1.82) is 0 Å². The Bertz CT molecular complexity index is 421. The predicted octanol–water partition coefficient (Wildman–Crippen LogP) is 0.607. The molecule has 2 aliphatic heterocycles. The van der Waals surface area contributed by atoms with Crippen LogP contribution in [0, 0.1) is 0 Å². The maximum Gasteiger partial charge on any atom is 0.315 e. The Hall–Kier alpha value is -1.48. The molecule has 2 rings (SSSR count). The van der Waals surface area contributed by atoms with E-state index in [1.165, 1.54) is 0 Å². The van der Waals surface area contributed by atoms with Gasteiger partial charge in [-0.3, -0.25) is 9.59 Å². The standard InChI is InChI=1S/C10H16N2O3S.C4H9NO2/c13-8(14)4-2-1-3-7-9-6(5-16-7)11-10(15)12-9;5-3-1-2-4(6)7/h6-7,9H,1-5H2,(H,13,14)(H2,11,12,15);1-3,5H2,(H,6,7)/t6-,7-,9-;/m0./s1. The van der Waals surface area contributed by atoms with Gasteiger partial charge in [-0.15, -0.1) is 0 Å². The number of thioether (sulfide) groups is 1. The number of nitrogens with one attached hydrogen (secondary N) is 2. The van der Waals surface area contributed by atoms with E-state index in [4.69, 9.17) is 15.9 Å². The predicted molar refractivity (Wildman–Crippen MR) is 87.5 cm³/mol. The van der Waals surface area contributed by atoms with Gasteiger partial charge in [-0.05, 0) is 25.8 Å². The summed E-state index contributed by atoms with van der Waals surface area (Å²) >= 11 is 1.87. The maximum atomic E-state index is 11.1. The zero-order valence-electron chi connectivity index (χ0n) is 13.0. The van der Waals surface area contributed by atoms with E-state index < -0.39 is 11.9 Å². The molecular formula is C14H25N3O5S. The molecule has 2 heterocycles. The number of unbranched alkanes of at least 4 members (excludes halogenated alkanes) is 1. The number of carbonyl (C=O) groups excluding carboxylic acids is 1. The van der Waals surface area contributed by atoms with Crippen molar-refractivity contribution in [3.63, 3.8) is 0 Å². The zero-order valence-corrected chi connectivity index (χ0v) is 13.8. The van der Waals surface area contributed by atoms with Gasteiger partial charge in [0.15, 0.2) is 0 Å². The van der Waals surface area contributed by atoms with E-state index in [9.17, 15) is 14.4 Å². The summed E-state index contributed by atoms with van der Waals surface area (Å²) in [5.74, 6) is -0.536. The van der Waals surface area contributed by atoms with Gasteiger partial charge in [-0.25, -0.2) is 4.79 Å². The Morgan fingerprint density at radius 1 is 1.13 bits per heavy atom. The van der Waals surface area contributed by atoms with Crippen LogP contribution >= 0.6 is 11.8 Å². The minimum Gasteiger partial charge on any atom is -0.481 e. The van der Waals surface area contributed by atoms with Gasteiger partial charge in [0.05, 0.1) is 12.1 Å². The van der Waals surface area contributed by atoms with Gasteiger partial charge in [-0.2, -0.15) is 11.8 Å². The molecule has 0 bridgehead atoms. The second-order valence-electron chi connectivity index (χ2n) is 5.55. The number of urea groups is 1. The topological polar surface area (TPSA) is 142 Å². The SMILES string of the molecule is NCCCC(=O)O.O=C(O)CCCC[C@@H]1SC[C@@H]2NC(=O)N[C@@H]21. The van der Waals surface area contributed by atoms with Crippen LogP contribution < -0.4 is 16.4 Å². The molecule has 132 valence electrons. The molecule has 8 nitrogen and oxygen atoms in total.